The Balaban J connectivity index is 2.14. The van der Waals surface area contributed by atoms with E-state index in [1.54, 1.807) is 11.8 Å². The van der Waals surface area contributed by atoms with Gasteiger partial charge >= 0.3 is 5.97 Å². The first kappa shape index (κ1) is 24.9. The predicted octanol–water partition coefficient (Wildman–Crippen LogP) is 4.28. The van der Waals surface area contributed by atoms with Gasteiger partial charge in [-0.2, -0.15) is 0 Å². The SMILES string of the molecule is Cc1ccc(-c2c(CC(=O)N3CCC(C)[C@@]3(C)C(=O)O)c(C)nc(CC(C)C)c2CN)cc1. The molecule has 2 atom stereocenters. The van der Waals surface area contributed by atoms with Crippen LogP contribution in [0.1, 0.15) is 62.2 Å². The minimum Gasteiger partial charge on any atom is -0.479 e. The third-order valence-electron chi connectivity index (χ3n) is 7.21. The van der Waals surface area contributed by atoms with Crippen molar-refractivity contribution in [3.8, 4) is 11.1 Å². The summed E-state index contributed by atoms with van der Waals surface area (Å²) in [6.45, 7) is 12.6. The maximum absolute atomic E-state index is 13.5. The van der Waals surface area contributed by atoms with Gasteiger partial charge in [-0.3, -0.25) is 9.78 Å². The summed E-state index contributed by atoms with van der Waals surface area (Å²) in [6.07, 6.45) is 1.59. The van der Waals surface area contributed by atoms with Crippen molar-refractivity contribution in [1.82, 2.24) is 9.88 Å². The number of likely N-dealkylation sites (tertiary alicyclic amines) is 1. The van der Waals surface area contributed by atoms with Crippen LogP contribution in [0.15, 0.2) is 24.3 Å². The molecule has 1 amide bonds. The number of nitrogens with two attached hydrogens (primary N) is 1. The molecule has 1 aromatic heterocycles. The number of carboxylic acids is 1. The average molecular weight is 452 g/mol. The number of carbonyl (C=O) groups excluding carboxylic acids is 1. The number of aryl methyl sites for hydroxylation is 2. The highest BCUT2D eigenvalue weighted by Gasteiger charge is 2.50. The van der Waals surface area contributed by atoms with E-state index in [1.165, 1.54) is 0 Å². The summed E-state index contributed by atoms with van der Waals surface area (Å²) < 4.78 is 0. The molecule has 1 fully saturated rings. The van der Waals surface area contributed by atoms with Crippen molar-refractivity contribution < 1.29 is 14.7 Å². The van der Waals surface area contributed by atoms with Crippen LogP contribution in [-0.2, 0) is 29.0 Å². The fourth-order valence-electron chi connectivity index (χ4n) is 4.96. The first-order valence-electron chi connectivity index (χ1n) is 11.8. The zero-order chi connectivity index (χ0) is 24.5. The van der Waals surface area contributed by atoms with E-state index < -0.39 is 11.5 Å². The smallest absolute Gasteiger partial charge is 0.329 e. The number of benzene rings is 1. The van der Waals surface area contributed by atoms with E-state index in [-0.39, 0.29) is 18.2 Å². The molecule has 0 saturated carbocycles. The Labute approximate surface area is 197 Å². The number of aromatic nitrogens is 1. The summed E-state index contributed by atoms with van der Waals surface area (Å²) in [7, 11) is 0. The van der Waals surface area contributed by atoms with Gasteiger partial charge in [0, 0.05) is 24.5 Å². The summed E-state index contributed by atoms with van der Waals surface area (Å²) in [5.41, 5.74) is 11.8. The molecular weight excluding hydrogens is 414 g/mol. The van der Waals surface area contributed by atoms with Crippen LogP contribution in [0.2, 0.25) is 0 Å². The largest absolute Gasteiger partial charge is 0.479 e. The van der Waals surface area contributed by atoms with Crippen LogP contribution in [0.5, 0.6) is 0 Å². The maximum Gasteiger partial charge on any atom is 0.329 e. The lowest BCUT2D eigenvalue weighted by Crippen LogP contribution is -2.54. The molecule has 1 unspecified atom stereocenters. The lowest BCUT2D eigenvalue weighted by molar-refractivity contribution is -0.157. The van der Waals surface area contributed by atoms with E-state index in [1.807, 2.05) is 20.8 Å². The molecular formula is C27H37N3O3. The molecule has 33 heavy (non-hydrogen) atoms. The van der Waals surface area contributed by atoms with Crippen molar-refractivity contribution in [2.45, 2.75) is 72.9 Å². The minimum absolute atomic E-state index is 0.104. The third-order valence-corrected chi connectivity index (χ3v) is 7.21. The Hall–Kier alpha value is -2.73. The van der Waals surface area contributed by atoms with E-state index in [2.05, 4.69) is 38.1 Å². The van der Waals surface area contributed by atoms with Gasteiger partial charge in [-0.1, -0.05) is 50.6 Å². The zero-order valence-electron chi connectivity index (χ0n) is 20.7. The maximum atomic E-state index is 13.5. The zero-order valence-corrected chi connectivity index (χ0v) is 20.7. The van der Waals surface area contributed by atoms with Crippen molar-refractivity contribution in [3.05, 3.63) is 52.3 Å². The van der Waals surface area contributed by atoms with Gasteiger partial charge in [0.05, 0.1) is 6.42 Å². The molecule has 0 aliphatic carbocycles. The lowest BCUT2D eigenvalue weighted by Gasteiger charge is -2.34. The molecule has 0 bridgehead atoms. The van der Waals surface area contributed by atoms with E-state index in [4.69, 9.17) is 10.7 Å². The lowest BCUT2D eigenvalue weighted by atomic mass is 9.86. The van der Waals surface area contributed by atoms with Crippen LogP contribution in [0.3, 0.4) is 0 Å². The van der Waals surface area contributed by atoms with Crippen molar-refractivity contribution in [1.29, 1.82) is 0 Å². The van der Waals surface area contributed by atoms with Gasteiger partial charge in [-0.05, 0) is 67.7 Å². The van der Waals surface area contributed by atoms with E-state index in [9.17, 15) is 14.7 Å². The highest BCUT2D eigenvalue weighted by molar-refractivity contribution is 5.90. The summed E-state index contributed by atoms with van der Waals surface area (Å²) >= 11 is 0. The third kappa shape index (κ3) is 4.67. The molecule has 1 aliphatic heterocycles. The fraction of sp³-hybridized carbons (Fsp3) is 0.519. The molecule has 0 radical (unpaired) electrons. The fourth-order valence-corrected chi connectivity index (χ4v) is 4.96. The molecule has 178 valence electrons. The number of rotatable bonds is 7. The molecule has 6 nitrogen and oxygen atoms in total. The highest BCUT2D eigenvalue weighted by Crippen LogP contribution is 2.37. The van der Waals surface area contributed by atoms with Crippen molar-refractivity contribution in [2.24, 2.45) is 17.6 Å². The molecule has 1 saturated heterocycles. The van der Waals surface area contributed by atoms with Crippen LogP contribution in [0.25, 0.3) is 11.1 Å². The van der Waals surface area contributed by atoms with E-state index in [0.29, 0.717) is 25.4 Å². The Kier molecular flexibility index (Phi) is 7.27. The predicted molar refractivity (Wildman–Crippen MR) is 131 cm³/mol. The van der Waals surface area contributed by atoms with Gasteiger partial charge in [-0.25, -0.2) is 4.79 Å². The molecule has 0 spiro atoms. The quantitative estimate of drug-likeness (QED) is 0.655. The number of hydrogen-bond donors (Lipinski definition) is 2. The standard InChI is InChI=1S/C27H37N3O3/c1-16(2)13-23-22(15-28)25(20-9-7-17(3)8-10-20)21(19(5)29-23)14-24(31)30-12-11-18(4)27(30,6)26(32)33/h7-10,16,18H,11-15,28H2,1-6H3,(H,32,33)/t18?,27-/m0/s1. The Morgan fingerprint density at radius 2 is 1.85 bits per heavy atom. The van der Waals surface area contributed by atoms with Crippen molar-refractivity contribution >= 4 is 11.9 Å². The number of amides is 1. The first-order chi connectivity index (χ1) is 15.5. The molecule has 1 aliphatic rings. The van der Waals surface area contributed by atoms with Crippen LogP contribution < -0.4 is 5.73 Å². The normalized spacial score (nSPS) is 20.5. The number of carbonyl (C=O) groups is 2. The summed E-state index contributed by atoms with van der Waals surface area (Å²) in [6, 6.07) is 8.25. The minimum atomic E-state index is -1.20. The van der Waals surface area contributed by atoms with E-state index in [0.717, 1.165) is 45.6 Å². The number of carboxylic acid groups (broad SMARTS) is 1. The Bertz CT molecular complexity index is 1050. The Morgan fingerprint density at radius 3 is 2.39 bits per heavy atom. The topological polar surface area (TPSA) is 96.5 Å². The van der Waals surface area contributed by atoms with Crippen LogP contribution in [0.4, 0.5) is 0 Å². The van der Waals surface area contributed by atoms with Crippen LogP contribution in [0, 0.1) is 25.7 Å². The number of pyridine rings is 1. The van der Waals surface area contributed by atoms with Crippen molar-refractivity contribution in [2.75, 3.05) is 6.54 Å². The average Bonchev–Trinajstić information content (AvgIpc) is 3.05. The summed E-state index contributed by atoms with van der Waals surface area (Å²) in [5, 5.41) is 9.92. The van der Waals surface area contributed by atoms with Gasteiger partial charge in [0.15, 0.2) is 0 Å². The van der Waals surface area contributed by atoms with Gasteiger partial charge < -0.3 is 15.7 Å². The second-order valence-electron chi connectivity index (χ2n) is 10.0. The summed E-state index contributed by atoms with van der Waals surface area (Å²) in [5.74, 6) is -0.822. The number of hydrogen-bond acceptors (Lipinski definition) is 4. The molecule has 1 aromatic carbocycles. The second kappa shape index (κ2) is 9.64. The molecule has 6 heteroatoms. The van der Waals surface area contributed by atoms with E-state index >= 15 is 0 Å². The first-order valence-corrected chi connectivity index (χ1v) is 11.8. The molecule has 3 rings (SSSR count). The highest BCUT2D eigenvalue weighted by atomic mass is 16.4. The summed E-state index contributed by atoms with van der Waals surface area (Å²) in [4.78, 5) is 32.1. The number of aliphatic carboxylic acids is 1. The molecule has 2 aromatic rings. The van der Waals surface area contributed by atoms with Gasteiger partial charge in [0.1, 0.15) is 5.54 Å². The molecule has 3 N–H and O–H groups in total. The van der Waals surface area contributed by atoms with Crippen LogP contribution >= 0.6 is 0 Å². The van der Waals surface area contributed by atoms with Crippen molar-refractivity contribution in [3.63, 3.8) is 0 Å². The molecule has 2 heterocycles. The Morgan fingerprint density at radius 1 is 1.21 bits per heavy atom. The van der Waals surface area contributed by atoms with Gasteiger partial charge in [0.2, 0.25) is 5.91 Å². The van der Waals surface area contributed by atoms with Crippen LogP contribution in [-0.4, -0.2) is 39.0 Å². The van der Waals surface area contributed by atoms with Gasteiger partial charge in [-0.15, -0.1) is 0 Å². The monoisotopic (exact) mass is 451 g/mol. The second-order valence-corrected chi connectivity index (χ2v) is 10.0. The van der Waals surface area contributed by atoms with Gasteiger partial charge in [0.25, 0.3) is 0 Å². The number of nitrogens with zero attached hydrogens (tertiary/aromatic N) is 2.